The van der Waals surface area contributed by atoms with Crippen LogP contribution in [0, 0.1) is 12.3 Å². The van der Waals surface area contributed by atoms with Crippen molar-refractivity contribution < 1.29 is 14.3 Å². The third-order valence-corrected chi connectivity index (χ3v) is 2.35. The van der Waals surface area contributed by atoms with Crippen LogP contribution in [0.5, 0.6) is 0 Å². The molecule has 0 heterocycles. The number of benzene rings is 1. The SMILES string of the molecule is C#CCC(NC(=O)c1ccccc1)C(=O)OC(C)(C)C. The fourth-order valence-corrected chi connectivity index (χ4v) is 1.52. The molecule has 0 aliphatic heterocycles. The van der Waals surface area contributed by atoms with Gasteiger partial charge in [-0.05, 0) is 32.9 Å². The number of nitrogens with one attached hydrogen (secondary N) is 1. The Morgan fingerprint density at radius 3 is 2.40 bits per heavy atom. The maximum atomic E-state index is 12.0. The fourth-order valence-electron chi connectivity index (χ4n) is 1.52. The molecule has 0 fully saturated rings. The van der Waals surface area contributed by atoms with Crippen molar-refractivity contribution in [3.63, 3.8) is 0 Å². The summed E-state index contributed by atoms with van der Waals surface area (Å²) in [5.74, 6) is 1.50. The monoisotopic (exact) mass is 273 g/mol. The quantitative estimate of drug-likeness (QED) is 0.675. The Bertz CT molecular complexity index is 509. The molecule has 0 bridgehead atoms. The molecule has 0 aliphatic carbocycles. The van der Waals surface area contributed by atoms with Gasteiger partial charge in [-0.25, -0.2) is 4.79 Å². The molecule has 0 saturated heterocycles. The van der Waals surface area contributed by atoms with Crippen molar-refractivity contribution in [2.75, 3.05) is 0 Å². The molecule has 4 nitrogen and oxygen atoms in total. The Morgan fingerprint density at radius 1 is 1.30 bits per heavy atom. The van der Waals surface area contributed by atoms with Gasteiger partial charge in [-0.1, -0.05) is 18.2 Å². The number of hydrogen-bond acceptors (Lipinski definition) is 3. The third kappa shape index (κ3) is 5.15. The zero-order chi connectivity index (χ0) is 15.2. The zero-order valence-electron chi connectivity index (χ0n) is 12.0. The molecule has 1 unspecified atom stereocenters. The average molecular weight is 273 g/mol. The van der Waals surface area contributed by atoms with Crippen LogP contribution in [0.25, 0.3) is 0 Å². The van der Waals surface area contributed by atoms with E-state index in [1.165, 1.54) is 0 Å². The summed E-state index contributed by atoms with van der Waals surface area (Å²) in [4.78, 5) is 24.0. The van der Waals surface area contributed by atoms with E-state index in [4.69, 9.17) is 11.2 Å². The van der Waals surface area contributed by atoms with Crippen molar-refractivity contribution in [2.24, 2.45) is 0 Å². The highest BCUT2D eigenvalue weighted by Crippen LogP contribution is 2.10. The minimum atomic E-state index is -0.841. The second kappa shape index (κ2) is 6.76. The summed E-state index contributed by atoms with van der Waals surface area (Å²) in [7, 11) is 0. The smallest absolute Gasteiger partial charge is 0.330 e. The van der Waals surface area contributed by atoms with E-state index in [-0.39, 0.29) is 12.3 Å². The van der Waals surface area contributed by atoms with Crippen molar-refractivity contribution >= 4 is 11.9 Å². The molecule has 1 N–H and O–H groups in total. The first-order valence-corrected chi connectivity index (χ1v) is 6.36. The van der Waals surface area contributed by atoms with Crippen LogP contribution in [0.4, 0.5) is 0 Å². The van der Waals surface area contributed by atoms with E-state index in [0.717, 1.165) is 0 Å². The van der Waals surface area contributed by atoms with Gasteiger partial charge in [0.05, 0.1) is 0 Å². The van der Waals surface area contributed by atoms with Crippen LogP contribution in [0.15, 0.2) is 30.3 Å². The van der Waals surface area contributed by atoms with Gasteiger partial charge in [0.15, 0.2) is 0 Å². The van der Waals surface area contributed by atoms with Crippen LogP contribution in [-0.2, 0) is 9.53 Å². The van der Waals surface area contributed by atoms with Crippen molar-refractivity contribution in [1.82, 2.24) is 5.32 Å². The number of carbonyl (C=O) groups excluding carboxylic acids is 2. The summed E-state index contributed by atoms with van der Waals surface area (Å²) in [6.07, 6.45) is 5.33. The van der Waals surface area contributed by atoms with Gasteiger partial charge < -0.3 is 10.1 Å². The summed E-state index contributed by atoms with van der Waals surface area (Å²) in [6.45, 7) is 5.28. The van der Waals surface area contributed by atoms with E-state index in [1.54, 1.807) is 45.0 Å². The van der Waals surface area contributed by atoms with E-state index >= 15 is 0 Å². The number of ether oxygens (including phenoxy) is 1. The van der Waals surface area contributed by atoms with Crippen LogP contribution >= 0.6 is 0 Å². The summed E-state index contributed by atoms with van der Waals surface area (Å²) in [6, 6.07) is 7.79. The molecular formula is C16H19NO3. The van der Waals surface area contributed by atoms with Crippen LogP contribution < -0.4 is 5.32 Å². The summed E-state index contributed by atoms with van der Waals surface area (Å²) in [5, 5.41) is 2.60. The molecular weight excluding hydrogens is 254 g/mol. The highest BCUT2D eigenvalue weighted by Gasteiger charge is 2.26. The maximum absolute atomic E-state index is 12.0. The molecule has 0 aromatic heterocycles. The Morgan fingerprint density at radius 2 is 1.90 bits per heavy atom. The van der Waals surface area contributed by atoms with Gasteiger partial charge in [0, 0.05) is 12.0 Å². The second-order valence-corrected chi connectivity index (χ2v) is 5.33. The van der Waals surface area contributed by atoms with E-state index < -0.39 is 17.6 Å². The Kier molecular flexibility index (Phi) is 5.33. The zero-order valence-corrected chi connectivity index (χ0v) is 12.0. The molecule has 1 aromatic carbocycles. The maximum Gasteiger partial charge on any atom is 0.330 e. The fraction of sp³-hybridized carbons (Fsp3) is 0.375. The molecule has 0 radical (unpaired) electrons. The summed E-state index contributed by atoms with van der Waals surface area (Å²) >= 11 is 0. The molecule has 0 saturated carbocycles. The molecule has 0 spiro atoms. The Hall–Kier alpha value is -2.28. The van der Waals surface area contributed by atoms with Crippen molar-refractivity contribution in [3.05, 3.63) is 35.9 Å². The van der Waals surface area contributed by atoms with Gasteiger partial charge in [-0.2, -0.15) is 0 Å². The van der Waals surface area contributed by atoms with E-state index in [2.05, 4.69) is 11.2 Å². The normalized spacial score (nSPS) is 12.1. The summed E-state index contributed by atoms with van der Waals surface area (Å²) in [5.41, 5.74) is -0.153. The number of rotatable bonds is 4. The topological polar surface area (TPSA) is 55.4 Å². The van der Waals surface area contributed by atoms with Crippen molar-refractivity contribution in [3.8, 4) is 12.3 Å². The van der Waals surface area contributed by atoms with E-state index in [1.807, 2.05) is 6.07 Å². The number of hydrogen-bond donors (Lipinski definition) is 1. The predicted molar refractivity (Wildman–Crippen MR) is 77.0 cm³/mol. The third-order valence-electron chi connectivity index (χ3n) is 2.35. The number of terminal acetylenes is 1. The first kappa shape index (κ1) is 15.8. The van der Waals surface area contributed by atoms with E-state index in [9.17, 15) is 9.59 Å². The number of amides is 1. The first-order valence-electron chi connectivity index (χ1n) is 6.36. The summed E-state index contributed by atoms with van der Waals surface area (Å²) < 4.78 is 5.24. The first-order chi connectivity index (χ1) is 9.33. The lowest BCUT2D eigenvalue weighted by Gasteiger charge is -2.23. The molecule has 1 atom stereocenters. The standard InChI is InChI=1S/C16H19NO3/c1-5-9-13(15(19)20-16(2,3)4)17-14(18)12-10-7-6-8-11-12/h1,6-8,10-11,13H,9H2,2-4H3,(H,17,18). The molecule has 1 rings (SSSR count). The number of esters is 1. The molecule has 1 amide bonds. The highest BCUT2D eigenvalue weighted by molar-refractivity contribution is 5.96. The molecule has 106 valence electrons. The van der Waals surface area contributed by atoms with Crippen molar-refractivity contribution in [1.29, 1.82) is 0 Å². The Balaban J connectivity index is 2.75. The molecule has 20 heavy (non-hydrogen) atoms. The lowest BCUT2D eigenvalue weighted by atomic mass is 10.1. The highest BCUT2D eigenvalue weighted by atomic mass is 16.6. The van der Waals surface area contributed by atoms with Crippen LogP contribution in [0.3, 0.4) is 0 Å². The van der Waals surface area contributed by atoms with Crippen LogP contribution in [-0.4, -0.2) is 23.5 Å². The van der Waals surface area contributed by atoms with Gasteiger partial charge >= 0.3 is 5.97 Å². The predicted octanol–water partition coefficient (Wildman–Crippen LogP) is 2.15. The number of carbonyl (C=O) groups is 2. The molecule has 1 aromatic rings. The minimum Gasteiger partial charge on any atom is -0.458 e. The molecule has 0 aliphatic rings. The van der Waals surface area contributed by atoms with Crippen LogP contribution in [0.1, 0.15) is 37.6 Å². The van der Waals surface area contributed by atoms with E-state index in [0.29, 0.717) is 5.56 Å². The lowest BCUT2D eigenvalue weighted by Crippen LogP contribution is -2.44. The van der Waals surface area contributed by atoms with Gasteiger partial charge in [0.25, 0.3) is 5.91 Å². The molecule has 4 heteroatoms. The second-order valence-electron chi connectivity index (χ2n) is 5.33. The lowest BCUT2D eigenvalue weighted by molar-refractivity contribution is -0.157. The average Bonchev–Trinajstić information content (AvgIpc) is 2.37. The Labute approximate surface area is 119 Å². The largest absolute Gasteiger partial charge is 0.458 e. The van der Waals surface area contributed by atoms with Gasteiger partial charge in [0.2, 0.25) is 0 Å². The van der Waals surface area contributed by atoms with Gasteiger partial charge in [0.1, 0.15) is 11.6 Å². The van der Waals surface area contributed by atoms with Gasteiger partial charge in [-0.3, -0.25) is 4.79 Å². The minimum absolute atomic E-state index is 0.0908. The van der Waals surface area contributed by atoms with Gasteiger partial charge in [-0.15, -0.1) is 12.3 Å². The van der Waals surface area contributed by atoms with Crippen molar-refractivity contribution in [2.45, 2.75) is 38.8 Å². The van der Waals surface area contributed by atoms with Crippen LogP contribution in [0.2, 0.25) is 0 Å².